The van der Waals surface area contributed by atoms with Crippen LogP contribution in [0.1, 0.15) is 32.3 Å². The van der Waals surface area contributed by atoms with Crippen LogP contribution in [-0.2, 0) is 0 Å². The van der Waals surface area contributed by atoms with Gasteiger partial charge in [0.05, 0.1) is 0 Å². The second kappa shape index (κ2) is 6.39. The fourth-order valence-electron chi connectivity index (χ4n) is 1.97. The number of carbonyl (C=O) groups excluding carboxylic acids is 1. The van der Waals surface area contributed by atoms with Gasteiger partial charge in [-0.25, -0.2) is 0 Å². The van der Waals surface area contributed by atoms with E-state index in [-0.39, 0.29) is 5.78 Å². The average Bonchev–Trinajstić information content (AvgIpc) is 2.46. The molecule has 2 rings (SSSR count). The van der Waals surface area contributed by atoms with Crippen molar-refractivity contribution in [2.75, 3.05) is 0 Å². The summed E-state index contributed by atoms with van der Waals surface area (Å²) in [6, 6.07) is 17.6. The quantitative estimate of drug-likeness (QED) is 0.586. The summed E-state index contributed by atoms with van der Waals surface area (Å²) in [6.07, 6.45) is 0. The summed E-state index contributed by atoms with van der Waals surface area (Å²) in [6.45, 7) is 2.30. The molecule has 0 amide bonds. The van der Waals surface area contributed by atoms with Crippen LogP contribution >= 0.6 is 0 Å². The Morgan fingerprint density at radius 2 is 1.42 bits per heavy atom. The Morgan fingerprint density at radius 3 is 1.95 bits per heavy atom. The Balaban J connectivity index is 2.22. The first-order chi connectivity index (χ1) is 9.09. The van der Waals surface area contributed by atoms with E-state index in [1.807, 2.05) is 42.5 Å². The molecule has 0 fully saturated rings. The van der Waals surface area contributed by atoms with Crippen LogP contribution in [0.5, 0.6) is 0 Å². The van der Waals surface area contributed by atoms with Crippen LogP contribution in [0, 0.1) is 0 Å². The van der Waals surface area contributed by atoms with Crippen LogP contribution in [0.3, 0.4) is 0 Å². The Kier molecular flexibility index (Phi) is 4.82. The molecule has 0 N–H and O–H groups in total. The molecule has 98 valence electrons. The first-order valence-electron chi connectivity index (χ1n) is 6.45. The van der Waals surface area contributed by atoms with Crippen LogP contribution in [-0.4, -0.2) is 26.0 Å². The Morgan fingerprint density at radius 1 is 0.895 bits per heavy atom. The summed E-state index contributed by atoms with van der Waals surface area (Å²) in [5, 5.41) is 0. The Labute approximate surface area is 122 Å². The molecule has 0 aromatic heterocycles. The third-order valence-corrected chi connectivity index (χ3v) is 8.74. The number of rotatable bonds is 4. The molecule has 2 heteroatoms. The summed E-state index contributed by atoms with van der Waals surface area (Å²) < 4.78 is 0.698. The van der Waals surface area contributed by atoms with Crippen molar-refractivity contribution in [3.05, 3.63) is 71.3 Å². The molecular formula is C17H19OSb. The van der Waals surface area contributed by atoms with Crippen LogP contribution in [0.4, 0.5) is 0 Å². The fraction of sp³-hybridized carbons (Fsp3) is 0.235. The zero-order valence-electron chi connectivity index (χ0n) is 11.6. The molecule has 19 heavy (non-hydrogen) atoms. The summed E-state index contributed by atoms with van der Waals surface area (Å²) in [5.74, 6) is 0.102. The molecule has 0 spiro atoms. The van der Waals surface area contributed by atoms with Gasteiger partial charge in [-0.1, -0.05) is 0 Å². The molecule has 2 aromatic rings. The maximum absolute atomic E-state index is 12.3. The molecule has 2 aromatic carbocycles. The Bertz CT molecular complexity index is 543. The van der Waals surface area contributed by atoms with Gasteiger partial charge in [-0.2, -0.15) is 0 Å². The third-order valence-electron chi connectivity index (χ3n) is 3.47. The topological polar surface area (TPSA) is 17.1 Å². The van der Waals surface area contributed by atoms with E-state index in [9.17, 15) is 4.79 Å². The molecule has 0 aliphatic rings. The SMILES string of the molecule is C[CH](c1ccc(C(=O)c2ccccc2)cc1)[Sb]([CH3])[CH3]. The van der Waals surface area contributed by atoms with Crippen LogP contribution in [0.15, 0.2) is 54.6 Å². The minimum atomic E-state index is -1.09. The maximum atomic E-state index is 12.3. The third kappa shape index (κ3) is 3.48. The molecule has 0 aliphatic carbocycles. The van der Waals surface area contributed by atoms with Gasteiger partial charge in [0.1, 0.15) is 0 Å². The average molecular weight is 361 g/mol. The molecule has 0 saturated carbocycles. The molecule has 0 radical (unpaired) electrons. The molecular weight excluding hydrogens is 342 g/mol. The van der Waals surface area contributed by atoms with Gasteiger partial charge in [-0.15, -0.1) is 0 Å². The van der Waals surface area contributed by atoms with E-state index in [1.165, 1.54) is 5.56 Å². The monoisotopic (exact) mass is 360 g/mol. The zero-order chi connectivity index (χ0) is 13.8. The fourth-order valence-corrected chi connectivity index (χ4v) is 4.16. The van der Waals surface area contributed by atoms with E-state index < -0.39 is 20.2 Å². The van der Waals surface area contributed by atoms with Crippen LogP contribution < -0.4 is 0 Å². The standard InChI is InChI=1S/C15H13O.2CH3.Sb/c1-2-12-8-10-14(11-9-12)15(16)13-6-4-3-5-7-13;;;/h2-11H,1H3;2*1H3;. The Hall–Kier alpha value is -1.07. The van der Waals surface area contributed by atoms with Crippen molar-refractivity contribution < 1.29 is 4.79 Å². The molecule has 1 atom stereocenters. The summed E-state index contributed by atoms with van der Waals surface area (Å²) in [4.78, 5) is 17.1. The van der Waals surface area contributed by atoms with Crippen molar-refractivity contribution in [2.24, 2.45) is 0 Å². The predicted molar refractivity (Wildman–Crippen MR) is 82.2 cm³/mol. The number of ketones is 1. The summed E-state index contributed by atoms with van der Waals surface area (Å²) in [7, 11) is 0. The molecule has 0 saturated heterocycles. The molecule has 0 heterocycles. The van der Waals surface area contributed by atoms with E-state index in [2.05, 4.69) is 28.8 Å². The van der Waals surface area contributed by atoms with Gasteiger partial charge in [0, 0.05) is 0 Å². The molecule has 1 nitrogen and oxygen atoms in total. The van der Waals surface area contributed by atoms with Crippen molar-refractivity contribution in [2.45, 2.75) is 20.5 Å². The van der Waals surface area contributed by atoms with Crippen molar-refractivity contribution >= 4 is 26.0 Å². The first kappa shape index (κ1) is 14.3. The van der Waals surface area contributed by atoms with E-state index in [1.54, 1.807) is 0 Å². The predicted octanol–water partition coefficient (Wildman–Crippen LogP) is 4.31. The number of benzene rings is 2. The first-order valence-corrected chi connectivity index (χ1v) is 13.0. The van der Waals surface area contributed by atoms with Crippen molar-refractivity contribution in [1.82, 2.24) is 0 Å². The molecule has 0 bridgehead atoms. The summed E-state index contributed by atoms with van der Waals surface area (Å²) >= 11 is -1.09. The number of hydrogen-bond donors (Lipinski definition) is 0. The van der Waals surface area contributed by atoms with Gasteiger partial charge in [0.25, 0.3) is 0 Å². The zero-order valence-corrected chi connectivity index (χ0v) is 14.2. The molecule has 0 aliphatic heterocycles. The van der Waals surface area contributed by atoms with Gasteiger partial charge in [-0.05, 0) is 0 Å². The van der Waals surface area contributed by atoms with Gasteiger partial charge in [0.15, 0.2) is 0 Å². The molecule has 1 unspecified atom stereocenters. The number of carbonyl (C=O) groups is 1. The second-order valence-electron chi connectivity index (χ2n) is 4.96. The van der Waals surface area contributed by atoms with Crippen LogP contribution in [0.2, 0.25) is 9.74 Å². The van der Waals surface area contributed by atoms with Gasteiger partial charge in [-0.3, -0.25) is 0 Å². The van der Waals surface area contributed by atoms with E-state index in [0.717, 1.165) is 11.1 Å². The van der Waals surface area contributed by atoms with E-state index in [4.69, 9.17) is 0 Å². The van der Waals surface area contributed by atoms with Crippen LogP contribution in [0.25, 0.3) is 0 Å². The van der Waals surface area contributed by atoms with E-state index in [0.29, 0.717) is 3.86 Å². The van der Waals surface area contributed by atoms with Crippen molar-refractivity contribution in [1.29, 1.82) is 0 Å². The van der Waals surface area contributed by atoms with Crippen molar-refractivity contribution in [3.63, 3.8) is 0 Å². The van der Waals surface area contributed by atoms with E-state index >= 15 is 0 Å². The van der Waals surface area contributed by atoms with Gasteiger partial charge >= 0.3 is 123 Å². The van der Waals surface area contributed by atoms with Crippen molar-refractivity contribution in [3.8, 4) is 0 Å². The summed E-state index contributed by atoms with van der Waals surface area (Å²) in [5.41, 5.74) is 2.90. The minimum absolute atomic E-state index is 0.102. The number of hydrogen-bond acceptors (Lipinski definition) is 1. The second-order valence-corrected chi connectivity index (χ2v) is 12.7. The normalized spacial score (nSPS) is 12.4. The van der Waals surface area contributed by atoms with Gasteiger partial charge < -0.3 is 0 Å². The van der Waals surface area contributed by atoms with Gasteiger partial charge in [0.2, 0.25) is 0 Å².